The van der Waals surface area contributed by atoms with Gasteiger partial charge in [-0.15, -0.1) is 0 Å². The number of pyridine rings is 2. The molecule has 1 aromatic carbocycles. The molecule has 0 spiro atoms. The van der Waals surface area contributed by atoms with Crippen LogP contribution in [0.5, 0.6) is 0 Å². The van der Waals surface area contributed by atoms with Gasteiger partial charge in [0.25, 0.3) is 0 Å². The van der Waals surface area contributed by atoms with Gasteiger partial charge in [0.15, 0.2) is 0 Å². The second-order valence-corrected chi connectivity index (χ2v) is 7.07. The minimum Gasteiger partial charge on any atom is -0.455 e. The summed E-state index contributed by atoms with van der Waals surface area (Å²) in [7, 11) is 0. The molecule has 0 N–H and O–H groups in total. The maximum atomic E-state index is 6.13. The fourth-order valence-corrected chi connectivity index (χ4v) is 4.12. The molecule has 3 heterocycles. The summed E-state index contributed by atoms with van der Waals surface area (Å²) in [5, 5.41) is 2.16. The van der Waals surface area contributed by atoms with Crippen molar-refractivity contribution in [3.05, 3.63) is 60.6 Å². The quantitative estimate of drug-likeness (QED) is 0.479. The second kappa shape index (κ2) is 5.99. The van der Waals surface area contributed by atoms with E-state index in [0.29, 0.717) is 0 Å². The molecule has 1 fully saturated rings. The smallest absolute Gasteiger partial charge is 0.147 e. The third kappa shape index (κ3) is 2.60. The molecule has 0 atom stereocenters. The summed E-state index contributed by atoms with van der Waals surface area (Å²) in [5.74, 6) is 0.829. The highest BCUT2D eigenvalue weighted by atomic mass is 16.3. The van der Waals surface area contributed by atoms with Gasteiger partial charge in [-0.1, -0.05) is 43.9 Å². The molecule has 3 aromatic heterocycles. The van der Waals surface area contributed by atoms with Gasteiger partial charge < -0.3 is 4.42 Å². The number of aromatic nitrogens is 2. The first kappa shape index (κ1) is 14.6. The van der Waals surface area contributed by atoms with E-state index >= 15 is 0 Å². The van der Waals surface area contributed by atoms with Crippen LogP contribution in [0.15, 0.2) is 59.4 Å². The molecule has 3 nitrogen and oxygen atoms in total. The maximum absolute atomic E-state index is 6.13. The summed E-state index contributed by atoms with van der Waals surface area (Å²) in [5.41, 5.74) is 5.07. The van der Waals surface area contributed by atoms with Gasteiger partial charge in [0.05, 0.1) is 11.3 Å². The number of fused-ring (bicyclic) bond motifs is 3. The molecular formula is C22H20N2O. The molecule has 0 amide bonds. The SMILES string of the molecule is c1ccc2c(c1)oc1c(-c3cc(CC4CCCC4)ccn3)cncc12. The molecule has 1 saturated carbocycles. The molecule has 1 aliphatic rings. The van der Waals surface area contributed by atoms with Crippen molar-refractivity contribution >= 4 is 21.9 Å². The third-order valence-corrected chi connectivity index (χ3v) is 5.39. The van der Waals surface area contributed by atoms with Crippen LogP contribution >= 0.6 is 0 Å². The van der Waals surface area contributed by atoms with Gasteiger partial charge in [-0.2, -0.15) is 0 Å². The van der Waals surface area contributed by atoms with Gasteiger partial charge >= 0.3 is 0 Å². The minimum atomic E-state index is 0.829. The van der Waals surface area contributed by atoms with E-state index in [9.17, 15) is 0 Å². The number of furan rings is 1. The van der Waals surface area contributed by atoms with Gasteiger partial charge in [0.2, 0.25) is 0 Å². The number of nitrogens with zero attached hydrogens (tertiary/aromatic N) is 2. The van der Waals surface area contributed by atoms with E-state index in [1.165, 1.54) is 31.2 Å². The number of para-hydroxylation sites is 1. The fraction of sp³-hybridized carbons (Fsp3) is 0.273. The Morgan fingerprint density at radius 3 is 2.80 bits per heavy atom. The van der Waals surface area contributed by atoms with Crippen LogP contribution in [-0.4, -0.2) is 9.97 Å². The summed E-state index contributed by atoms with van der Waals surface area (Å²) in [6.07, 6.45) is 12.3. The van der Waals surface area contributed by atoms with Crippen LogP contribution < -0.4 is 0 Å². The number of hydrogen-bond donors (Lipinski definition) is 0. The van der Waals surface area contributed by atoms with Crippen molar-refractivity contribution in [3.8, 4) is 11.3 Å². The average molecular weight is 328 g/mol. The van der Waals surface area contributed by atoms with Crippen LogP contribution in [0.1, 0.15) is 31.2 Å². The molecule has 0 bridgehead atoms. The van der Waals surface area contributed by atoms with E-state index in [2.05, 4.69) is 28.2 Å². The molecule has 5 rings (SSSR count). The Morgan fingerprint density at radius 2 is 1.88 bits per heavy atom. The Balaban J connectivity index is 1.60. The van der Waals surface area contributed by atoms with Crippen LogP contribution in [-0.2, 0) is 6.42 Å². The molecule has 0 aliphatic heterocycles. The maximum Gasteiger partial charge on any atom is 0.147 e. The third-order valence-electron chi connectivity index (χ3n) is 5.39. The summed E-state index contributed by atoms with van der Waals surface area (Å²) in [6, 6.07) is 12.5. The van der Waals surface area contributed by atoms with Gasteiger partial charge in [-0.25, -0.2) is 0 Å². The standard InChI is InChI=1S/C22H20N2O/c1-2-6-15(5-1)11-16-9-10-24-20(12-16)19-14-23-13-18-17-7-3-4-8-21(17)25-22(18)19/h3-4,7-10,12-15H,1-2,5-6,11H2. The lowest BCUT2D eigenvalue weighted by molar-refractivity contribution is 0.546. The summed E-state index contributed by atoms with van der Waals surface area (Å²) < 4.78 is 6.13. The molecule has 25 heavy (non-hydrogen) atoms. The second-order valence-electron chi connectivity index (χ2n) is 7.07. The molecule has 3 heteroatoms. The Kier molecular flexibility index (Phi) is 3.51. The van der Waals surface area contributed by atoms with Crippen molar-refractivity contribution in [2.45, 2.75) is 32.1 Å². The highest BCUT2D eigenvalue weighted by Crippen LogP contribution is 2.35. The lowest BCUT2D eigenvalue weighted by atomic mass is 9.97. The van der Waals surface area contributed by atoms with Crippen LogP contribution in [0.4, 0.5) is 0 Å². The molecule has 0 unspecified atom stereocenters. The number of hydrogen-bond acceptors (Lipinski definition) is 3. The van der Waals surface area contributed by atoms with Crippen molar-refractivity contribution in [1.29, 1.82) is 0 Å². The zero-order chi connectivity index (χ0) is 16.6. The van der Waals surface area contributed by atoms with Crippen LogP contribution in [0.2, 0.25) is 0 Å². The Hall–Kier alpha value is -2.68. The lowest BCUT2D eigenvalue weighted by Gasteiger charge is -2.10. The largest absolute Gasteiger partial charge is 0.455 e. The number of benzene rings is 1. The minimum absolute atomic E-state index is 0.829. The first-order chi connectivity index (χ1) is 12.4. The van der Waals surface area contributed by atoms with Crippen molar-refractivity contribution in [1.82, 2.24) is 9.97 Å². The Morgan fingerprint density at radius 1 is 1.00 bits per heavy atom. The summed E-state index contributed by atoms with van der Waals surface area (Å²) >= 11 is 0. The van der Waals surface area contributed by atoms with E-state index in [1.807, 2.05) is 36.8 Å². The monoisotopic (exact) mass is 328 g/mol. The normalized spacial score (nSPS) is 15.4. The van der Waals surface area contributed by atoms with Crippen molar-refractivity contribution in [2.24, 2.45) is 5.92 Å². The predicted octanol–water partition coefficient (Wildman–Crippen LogP) is 5.78. The van der Waals surface area contributed by atoms with E-state index in [4.69, 9.17) is 4.42 Å². The summed E-state index contributed by atoms with van der Waals surface area (Å²) in [4.78, 5) is 9.05. The van der Waals surface area contributed by atoms with Gasteiger partial charge in [-0.05, 0) is 36.1 Å². The van der Waals surface area contributed by atoms with E-state index < -0.39 is 0 Å². The molecular weight excluding hydrogens is 308 g/mol. The molecule has 124 valence electrons. The van der Waals surface area contributed by atoms with Crippen molar-refractivity contribution in [3.63, 3.8) is 0 Å². The Bertz CT molecular complexity index is 1040. The topological polar surface area (TPSA) is 38.9 Å². The predicted molar refractivity (Wildman–Crippen MR) is 100 cm³/mol. The first-order valence-corrected chi connectivity index (χ1v) is 9.09. The van der Waals surface area contributed by atoms with E-state index in [0.717, 1.165) is 45.5 Å². The van der Waals surface area contributed by atoms with Gasteiger partial charge in [-0.3, -0.25) is 9.97 Å². The molecule has 0 radical (unpaired) electrons. The van der Waals surface area contributed by atoms with Crippen LogP contribution in [0, 0.1) is 5.92 Å². The molecule has 4 aromatic rings. The average Bonchev–Trinajstić information content (AvgIpc) is 3.29. The zero-order valence-corrected chi connectivity index (χ0v) is 14.1. The van der Waals surface area contributed by atoms with E-state index in [-0.39, 0.29) is 0 Å². The van der Waals surface area contributed by atoms with E-state index in [1.54, 1.807) is 0 Å². The summed E-state index contributed by atoms with van der Waals surface area (Å²) in [6.45, 7) is 0. The lowest BCUT2D eigenvalue weighted by Crippen LogP contribution is -1.99. The highest BCUT2D eigenvalue weighted by Gasteiger charge is 2.17. The highest BCUT2D eigenvalue weighted by molar-refractivity contribution is 6.08. The molecule has 1 aliphatic carbocycles. The van der Waals surface area contributed by atoms with Crippen molar-refractivity contribution < 1.29 is 4.42 Å². The number of rotatable bonds is 3. The van der Waals surface area contributed by atoms with Gasteiger partial charge in [0, 0.05) is 29.4 Å². The first-order valence-electron chi connectivity index (χ1n) is 9.09. The van der Waals surface area contributed by atoms with Crippen LogP contribution in [0.25, 0.3) is 33.2 Å². The van der Waals surface area contributed by atoms with Crippen molar-refractivity contribution in [2.75, 3.05) is 0 Å². The van der Waals surface area contributed by atoms with Gasteiger partial charge in [0.1, 0.15) is 11.2 Å². The van der Waals surface area contributed by atoms with Crippen LogP contribution in [0.3, 0.4) is 0 Å². The zero-order valence-electron chi connectivity index (χ0n) is 14.1. The molecule has 0 saturated heterocycles. The fourth-order valence-electron chi connectivity index (χ4n) is 4.12. The Labute approximate surface area is 146 Å².